The molecule has 1 aromatic carbocycles. The van der Waals surface area contributed by atoms with E-state index in [0.717, 1.165) is 29.6 Å². The molecule has 1 aliphatic rings. The molecule has 0 spiro atoms. The van der Waals surface area contributed by atoms with Gasteiger partial charge in [0.2, 0.25) is 0 Å². The summed E-state index contributed by atoms with van der Waals surface area (Å²) < 4.78 is 0. The Hall–Kier alpha value is -3.08. The zero-order chi connectivity index (χ0) is 18.8. The summed E-state index contributed by atoms with van der Waals surface area (Å²) in [5, 5.41) is 1.14. The first kappa shape index (κ1) is 17.3. The van der Waals surface area contributed by atoms with E-state index in [1.54, 1.807) is 6.20 Å². The average Bonchev–Trinajstić information content (AvgIpc) is 3.17. The summed E-state index contributed by atoms with van der Waals surface area (Å²) in [4.78, 5) is 24.2. The monoisotopic (exact) mass is 360 g/mol. The van der Waals surface area contributed by atoms with E-state index >= 15 is 0 Å². The third-order valence-electron chi connectivity index (χ3n) is 5.44. The van der Waals surface area contributed by atoms with Crippen LogP contribution in [0.5, 0.6) is 0 Å². The fourth-order valence-electron chi connectivity index (χ4n) is 3.65. The lowest BCUT2D eigenvalue weighted by Gasteiger charge is -2.33. The Balaban J connectivity index is 1.47. The number of fused-ring (bicyclic) bond motifs is 1. The van der Waals surface area contributed by atoms with E-state index < -0.39 is 0 Å². The molecule has 5 nitrogen and oxygen atoms in total. The first-order valence-corrected chi connectivity index (χ1v) is 9.33. The fraction of sp³-hybridized carbons (Fsp3) is 0.273. The number of rotatable bonds is 3. The summed E-state index contributed by atoms with van der Waals surface area (Å²) in [6, 6.07) is 14.3. The fourth-order valence-corrected chi connectivity index (χ4v) is 3.65. The predicted octanol–water partition coefficient (Wildman–Crippen LogP) is 4.47. The van der Waals surface area contributed by atoms with E-state index in [0.29, 0.717) is 6.54 Å². The Morgan fingerprint density at radius 1 is 1.22 bits per heavy atom. The second-order valence-electron chi connectivity index (χ2n) is 7.01. The summed E-state index contributed by atoms with van der Waals surface area (Å²) in [5.41, 5.74) is 4.52. The van der Waals surface area contributed by atoms with Crippen molar-refractivity contribution >= 4 is 22.6 Å². The van der Waals surface area contributed by atoms with Crippen LogP contribution in [-0.2, 0) is 0 Å². The number of amides is 2. The number of nitrogens with one attached hydrogen (secondary N) is 1. The van der Waals surface area contributed by atoms with E-state index in [-0.39, 0.29) is 12.1 Å². The molecular formula is C22H24N4O. The number of nitrogens with zero attached hydrogens (tertiary/aromatic N) is 3. The van der Waals surface area contributed by atoms with E-state index in [2.05, 4.69) is 41.2 Å². The number of urea groups is 1. The Bertz CT molecular complexity index is 976. The highest BCUT2D eigenvalue weighted by molar-refractivity contribution is 5.91. The third-order valence-corrected chi connectivity index (χ3v) is 5.44. The van der Waals surface area contributed by atoms with Crippen molar-refractivity contribution in [1.82, 2.24) is 19.8 Å². The molecule has 0 saturated carbocycles. The molecule has 0 aliphatic carbocycles. The lowest BCUT2D eigenvalue weighted by atomic mass is 9.99. The van der Waals surface area contributed by atoms with Gasteiger partial charge >= 0.3 is 6.03 Å². The van der Waals surface area contributed by atoms with Crippen molar-refractivity contribution in [1.29, 1.82) is 0 Å². The van der Waals surface area contributed by atoms with Crippen molar-refractivity contribution in [2.24, 2.45) is 0 Å². The van der Waals surface area contributed by atoms with Gasteiger partial charge in [0.25, 0.3) is 0 Å². The van der Waals surface area contributed by atoms with Gasteiger partial charge in [0.05, 0.1) is 6.04 Å². The van der Waals surface area contributed by atoms with Gasteiger partial charge in [-0.25, -0.2) is 9.78 Å². The van der Waals surface area contributed by atoms with Gasteiger partial charge in [0, 0.05) is 43.5 Å². The van der Waals surface area contributed by atoms with Crippen LogP contribution in [0.1, 0.15) is 30.5 Å². The minimum absolute atomic E-state index is 0.0452. The van der Waals surface area contributed by atoms with E-state index in [4.69, 9.17) is 0 Å². The minimum Gasteiger partial charge on any atom is -0.346 e. The number of carbonyl (C=O) groups is 1. The third kappa shape index (κ3) is 3.33. The van der Waals surface area contributed by atoms with Gasteiger partial charge < -0.3 is 14.8 Å². The molecule has 0 bridgehead atoms. The number of aromatic amines is 1. The first-order chi connectivity index (χ1) is 13.1. The molecule has 3 heterocycles. The van der Waals surface area contributed by atoms with Crippen molar-refractivity contribution in [2.75, 3.05) is 20.1 Å². The van der Waals surface area contributed by atoms with Crippen molar-refractivity contribution in [3.8, 4) is 0 Å². The first-order valence-electron chi connectivity index (χ1n) is 9.33. The van der Waals surface area contributed by atoms with E-state index in [1.165, 1.54) is 11.1 Å². The van der Waals surface area contributed by atoms with Crippen LogP contribution < -0.4 is 0 Å². The highest BCUT2D eigenvalue weighted by Gasteiger charge is 2.25. The molecule has 1 aliphatic heterocycles. The molecular weight excluding hydrogens is 336 g/mol. The molecule has 2 amide bonds. The molecule has 4 rings (SSSR count). The molecule has 5 heteroatoms. The second kappa shape index (κ2) is 7.27. The quantitative estimate of drug-likeness (QED) is 0.749. The number of H-pyrrole nitrogens is 1. The summed E-state index contributed by atoms with van der Waals surface area (Å²) >= 11 is 0. The Morgan fingerprint density at radius 3 is 2.78 bits per heavy atom. The highest BCUT2D eigenvalue weighted by Crippen LogP contribution is 2.29. The molecule has 3 aromatic rings. The lowest BCUT2D eigenvalue weighted by Crippen LogP contribution is -2.44. The Labute approximate surface area is 159 Å². The van der Waals surface area contributed by atoms with Gasteiger partial charge in [0.15, 0.2) is 0 Å². The SMILES string of the molecule is C[C@H](c1ccccc1)N(C)C(=O)N1CC=C(c2c[nH]c3ncccc23)CC1. The molecule has 138 valence electrons. The molecule has 0 fully saturated rings. The summed E-state index contributed by atoms with van der Waals surface area (Å²) in [6.07, 6.45) is 6.83. The molecule has 27 heavy (non-hydrogen) atoms. The largest absolute Gasteiger partial charge is 0.346 e. The Morgan fingerprint density at radius 2 is 2.04 bits per heavy atom. The number of hydrogen-bond donors (Lipinski definition) is 1. The topological polar surface area (TPSA) is 52.2 Å². The average molecular weight is 360 g/mol. The standard InChI is InChI=1S/C22H24N4O/c1-16(17-7-4-3-5-8-17)25(2)22(27)26-13-10-18(11-14-26)20-15-24-21-19(20)9-6-12-23-21/h3-10,12,15-16H,11,13-14H2,1-2H3,(H,23,24)/t16-/m1/s1. The van der Waals surface area contributed by atoms with Gasteiger partial charge in [-0.3, -0.25) is 0 Å². The van der Waals surface area contributed by atoms with Crippen molar-refractivity contribution in [3.63, 3.8) is 0 Å². The zero-order valence-corrected chi connectivity index (χ0v) is 15.7. The van der Waals surface area contributed by atoms with Gasteiger partial charge in [-0.1, -0.05) is 36.4 Å². The normalized spacial score (nSPS) is 15.5. The highest BCUT2D eigenvalue weighted by atomic mass is 16.2. The molecule has 0 radical (unpaired) electrons. The maximum Gasteiger partial charge on any atom is 0.320 e. The van der Waals surface area contributed by atoms with Crippen LogP contribution in [0, 0.1) is 0 Å². The summed E-state index contributed by atoms with van der Waals surface area (Å²) in [5.74, 6) is 0. The molecule has 1 atom stereocenters. The number of hydrogen-bond acceptors (Lipinski definition) is 2. The predicted molar refractivity (Wildman–Crippen MR) is 108 cm³/mol. The smallest absolute Gasteiger partial charge is 0.320 e. The van der Waals surface area contributed by atoms with Crippen LogP contribution in [0.3, 0.4) is 0 Å². The van der Waals surface area contributed by atoms with Crippen molar-refractivity contribution < 1.29 is 4.79 Å². The number of aromatic nitrogens is 2. The second-order valence-corrected chi connectivity index (χ2v) is 7.01. The van der Waals surface area contributed by atoms with Crippen LogP contribution in [0.2, 0.25) is 0 Å². The molecule has 0 unspecified atom stereocenters. The molecule has 0 saturated heterocycles. The van der Waals surface area contributed by atoms with E-state index in [1.807, 2.05) is 47.3 Å². The van der Waals surface area contributed by atoms with Gasteiger partial charge in [-0.2, -0.15) is 0 Å². The number of pyridine rings is 1. The molecule has 1 N–H and O–H groups in total. The van der Waals surface area contributed by atoms with Crippen LogP contribution in [-0.4, -0.2) is 45.9 Å². The van der Waals surface area contributed by atoms with E-state index in [9.17, 15) is 4.79 Å². The number of carbonyl (C=O) groups excluding carboxylic acids is 1. The van der Waals surface area contributed by atoms with Gasteiger partial charge in [-0.15, -0.1) is 0 Å². The Kier molecular flexibility index (Phi) is 4.67. The maximum absolute atomic E-state index is 12.9. The maximum atomic E-state index is 12.9. The van der Waals surface area contributed by atoms with Crippen LogP contribution >= 0.6 is 0 Å². The van der Waals surface area contributed by atoms with Crippen molar-refractivity contribution in [2.45, 2.75) is 19.4 Å². The summed E-state index contributed by atoms with van der Waals surface area (Å²) in [6.45, 7) is 3.42. The van der Waals surface area contributed by atoms with Crippen LogP contribution in [0.15, 0.2) is 60.9 Å². The lowest BCUT2D eigenvalue weighted by molar-refractivity contribution is 0.154. The van der Waals surface area contributed by atoms with Crippen LogP contribution in [0.4, 0.5) is 4.79 Å². The zero-order valence-electron chi connectivity index (χ0n) is 15.7. The number of benzene rings is 1. The molecule has 2 aromatic heterocycles. The summed E-state index contributed by atoms with van der Waals surface area (Å²) in [7, 11) is 1.88. The minimum atomic E-state index is 0.0452. The van der Waals surface area contributed by atoms with Gasteiger partial charge in [-0.05, 0) is 36.6 Å². The van der Waals surface area contributed by atoms with Crippen molar-refractivity contribution in [3.05, 3.63) is 72.1 Å². The van der Waals surface area contributed by atoms with Crippen LogP contribution in [0.25, 0.3) is 16.6 Å². The van der Waals surface area contributed by atoms with Gasteiger partial charge in [0.1, 0.15) is 5.65 Å².